The molecule has 0 bridgehead atoms. The van der Waals surface area contributed by atoms with Gasteiger partial charge in [-0.1, -0.05) is 0 Å². The number of carbonyl (C=O) groups is 1. The minimum absolute atomic E-state index is 0.0636. The zero-order valence-electron chi connectivity index (χ0n) is 15.6. The van der Waals surface area contributed by atoms with E-state index in [1.54, 1.807) is 34.5 Å². The number of hydrogen-bond acceptors (Lipinski definition) is 8. The molecule has 3 heterocycles. The van der Waals surface area contributed by atoms with Crippen LogP contribution in [0, 0.1) is 5.92 Å². The molecule has 3 N–H and O–H groups in total. The third-order valence-corrected chi connectivity index (χ3v) is 7.15. The summed E-state index contributed by atoms with van der Waals surface area (Å²) in [5.74, 6) is 1.11. The van der Waals surface area contributed by atoms with Crippen LogP contribution in [0.1, 0.15) is 16.9 Å². The second-order valence-electron chi connectivity index (χ2n) is 7.24. The Hall–Kier alpha value is -2.36. The molecule has 1 aliphatic carbocycles. The number of amides is 1. The maximum atomic E-state index is 12.4. The summed E-state index contributed by atoms with van der Waals surface area (Å²) in [5.41, 5.74) is 6.48. The topological polar surface area (TPSA) is 82.2 Å². The Morgan fingerprint density at radius 1 is 1.32 bits per heavy atom. The van der Waals surface area contributed by atoms with Crippen molar-refractivity contribution in [3.05, 3.63) is 35.0 Å². The third kappa shape index (κ3) is 2.99. The Morgan fingerprint density at radius 3 is 3.07 bits per heavy atom. The molecule has 0 saturated carbocycles. The molecule has 2 aromatic heterocycles. The van der Waals surface area contributed by atoms with Crippen LogP contribution in [0.5, 0.6) is 0 Å². The van der Waals surface area contributed by atoms with Crippen LogP contribution in [0.4, 0.5) is 17.2 Å². The Morgan fingerprint density at radius 2 is 2.21 bits per heavy atom. The van der Waals surface area contributed by atoms with E-state index >= 15 is 0 Å². The van der Waals surface area contributed by atoms with E-state index in [4.69, 9.17) is 0 Å². The van der Waals surface area contributed by atoms with E-state index in [2.05, 4.69) is 31.6 Å². The van der Waals surface area contributed by atoms with Gasteiger partial charge in [-0.3, -0.25) is 4.79 Å². The van der Waals surface area contributed by atoms with Crippen molar-refractivity contribution in [3.8, 4) is 0 Å². The van der Waals surface area contributed by atoms with E-state index in [-0.39, 0.29) is 11.8 Å². The number of hydrogen-bond donors (Lipinski definition) is 3. The van der Waals surface area contributed by atoms with E-state index in [1.165, 1.54) is 10.4 Å². The number of aryl methyl sites for hydroxylation is 1. The Labute approximate surface area is 171 Å². The van der Waals surface area contributed by atoms with E-state index in [0.29, 0.717) is 0 Å². The normalized spacial score (nSPS) is 17.7. The number of anilines is 3. The summed E-state index contributed by atoms with van der Waals surface area (Å²) in [6.45, 7) is 0. The van der Waals surface area contributed by atoms with E-state index in [9.17, 15) is 4.79 Å². The first-order valence-electron chi connectivity index (χ1n) is 9.15. The highest BCUT2D eigenvalue weighted by Crippen LogP contribution is 2.41. The number of rotatable bonds is 3. The van der Waals surface area contributed by atoms with Crippen molar-refractivity contribution in [3.63, 3.8) is 0 Å². The zero-order chi connectivity index (χ0) is 19.3. The molecule has 7 nitrogen and oxygen atoms in total. The predicted octanol–water partition coefficient (Wildman–Crippen LogP) is 3.57. The molecule has 0 fully saturated rings. The molecule has 1 amide bonds. The summed E-state index contributed by atoms with van der Waals surface area (Å²) < 4.78 is 0. The summed E-state index contributed by atoms with van der Waals surface area (Å²) in [6, 6.07) is 6.19. The van der Waals surface area contributed by atoms with Crippen LogP contribution >= 0.6 is 23.3 Å². The summed E-state index contributed by atoms with van der Waals surface area (Å²) in [4.78, 5) is 29.6. The van der Waals surface area contributed by atoms with Crippen molar-refractivity contribution in [1.82, 2.24) is 19.7 Å². The highest BCUT2D eigenvalue weighted by molar-refractivity contribution is 7.98. The number of nitrogens with one attached hydrogen (secondary N) is 3. The molecular formula is C19H20N6OS2. The van der Waals surface area contributed by atoms with Crippen LogP contribution in [0.25, 0.3) is 10.2 Å². The number of carbonyl (C=O) groups excluding carboxylic acids is 1. The molecule has 144 valence electrons. The fraction of sp³-hybridized carbons (Fsp3) is 0.316. The SMILES string of the molecule is CN(C)C(=O)[C@H]1CCc2c(sc3ncnc(Nc4ccc5c(c4)SNN5)c23)C1. The van der Waals surface area contributed by atoms with Gasteiger partial charge in [-0.2, -0.15) is 4.83 Å². The number of aromatic nitrogens is 2. The van der Waals surface area contributed by atoms with Crippen molar-refractivity contribution in [2.75, 3.05) is 24.8 Å². The van der Waals surface area contributed by atoms with Crippen LogP contribution in [-0.2, 0) is 17.6 Å². The third-order valence-electron chi connectivity index (χ3n) is 5.23. The Kier molecular flexibility index (Phi) is 4.37. The summed E-state index contributed by atoms with van der Waals surface area (Å²) in [5, 5.41) is 4.58. The maximum absolute atomic E-state index is 12.4. The quantitative estimate of drug-likeness (QED) is 0.567. The smallest absolute Gasteiger partial charge is 0.225 e. The molecule has 0 unspecified atom stereocenters. The molecule has 0 saturated heterocycles. The van der Waals surface area contributed by atoms with E-state index < -0.39 is 0 Å². The van der Waals surface area contributed by atoms with Crippen LogP contribution in [0.15, 0.2) is 29.4 Å². The number of nitrogens with zero attached hydrogens (tertiary/aromatic N) is 3. The van der Waals surface area contributed by atoms with Crippen molar-refractivity contribution < 1.29 is 4.79 Å². The molecule has 28 heavy (non-hydrogen) atoms. The molecule has 1 aliphatic heterocycles. The molecule has 3 aromatic rings. The average molecular weight is 413 g/mol. The first-order chi connectivity index (χ1) is 13.6. The second-order valence-corrected chi connectivity index (χ2v) is 9.18. The highest BCUT2D eigenvalue weighted by atomic mass is 32.2. The molecule has 5 rings (SSSR count). The van der Waals surface area contributed by atoms with Gasteiger partial charge in [0.2, 0.25) is 5.91 Å². The van der Waals surface area contributed by atoms with Gasteiger partial charge in [0.15, 0.2) is 0 Å². The standard InChI is InChI=1S/C19H20N6OS2/c1-25(2)19(26)10-3-5-12-14(7-10)27-18-16(12)17(20-9-21-18)22-11-4-6-13-15(8-11)28-24-23-13/h4,6,8-10,23-24H,3,5,7H2,1-2H3,(H,20,21,22)/t10-/m0/s1. The monoisotopic (exact) mass is 412 g/mol. The van der Waals surface area contributed by atoms with Crippen LogP contribution in [-0.4, -0.2) is 34.9 Å². The fourth-order valence-corrected chi connectivity index (χ4v) is 5.79. The lowest BCUT2D eigenvalue weighted by Crippen LogP contribution is -2.32. The van der Waals surface area contributed by atoms with Gasteiger partial charge >= 0.3 is 0 Å². The van der Waals surface area contributed by atoms with E-state index in [1.807, 2.05) is 26.2 Å². The van der Waals surface area contributed by atoms with Crippen molar-refractivity contribution in [1.29, 1.82) is 0 Å². The van der Waals surface area contributed by atoms with Gasteiger partial charge in [0.1, 0.15) is 17.0 Å². The lowest BCUT2D eigenvalue weighted by Gasteiger charge is -2.24. The molecule has 2 aliphatic rings. The van der Waals surface area contributed by atoms with Gasteiger partial charge in [0.25, 0.3) is 0 Å². The predicted molar refractivity (Wildman–Crippen MR) is 114 cm³/mol. The number of fused-ring (bicyclic) bond motifs is 4. The minimum Gasteiger partial charge on any atom is -0.349 e. The number of hydrazine groups is 1. The molecule has 0 radical (unpaired) electrons. The molecule has 1 aromatic carbocycles. The Balaban J connectivity index is 1.49. The molecule has 0 spiro atoms. The first kappa shape index (κ1) is 17.7. The summed E-state index contributed by atoms with van der Waals surface area (Å²) in [6.07, 6.45) is 4.16. The first-order valence-corrected chi connectivity index (χ1v) is 10.8. The van der Waals surface area contributed by atoms with E-state index in [0.717, 1.165) is 51.6 Å². The average Bonchev–Trinajstić information content (AvgIpc) is 3.30. The largest absolute Gasteiger partial charge is 0.349 e. The Bertz CT molecular complexity index is 1080. The molecule has 1 atom stereocenters. The fourth-order valence-electron chi connectivity index (χ4n) is 3.84. The van der Waals surface area contributed by atoms with Gasteiger partial charge in [-0.25, -0.2) is 9.97 Å². The van der Waals surface area contributed by atoms with Crippen molar-refractivity contribution in [2.45, 2.75) is 24.2 Å². The molecule has 9 heteroatoms. The maximum Gasteiger partial charge on any atom is 0.225 e. The zero-order valence-corrected chi connectivity index (χ0v) is 17.2. The van der Waals surface area contributed by atoms with Crippen LogP contribution < -0.4 is 15.6 Å². The van der Waals surface area contributed by atoms with Gasteiger partial charge in [0, 0.05) is 30.6 Å². The minimum atomic E-state index is 0.0636. The second kappa shape index (κ2) is 6.91. The lowest BCUT2D eigenvalue weighted by atomic mass is 9.87. The van der Waals surface area contributed by atoms with Gasteiger partial charge in [-0.05, 0) is 55.0 Å². The van der Waals surface area contributed by atoms with Crippen LogP contribution in [0.3, 0.4) is 0 Å². The van der Waals surface area contributed by atoms with Crippen molar-refractivity contribution >= 4 is 56.6 Å². The molecular weight excluding hydrogens is 392 g/mol. The summed E-state index contributed by atoms with van der Waals surface area (Å²) >= 11 is 3.25. The summed E-state index contributed by atoms with van der Waals surface area (Å²) in [7, 11) is 3.66. The van der Waals surface area contributed by atoms with Gasteiger partial charge in [-0.15, -0.1) is 11.3 Å². The van der Waals surface area contributed by atoms with Gasteiger partial charge < -0.3 is 15.6 Å². The number of benzene rings is 1. The van der Waals surface area contributed by atoms with Gasteiger partial charge in [0.05, 0.1) is 16.0 Å². The van der Waals surface area contributed by atoms with Crippen LogP contribution in [0.2, 0.25) is 0 Å². The highest BCUT2D eigenvalue weighted by Gasteiger charge is 2.29. The van der Waals surface area contributed by atoms with Crippen molar-refractivity contribution in [2.24, 2.45) is 5.92 Å². The number of thiophene rings is 1. The lowest BCUT2D eigenvalue weighted by molar-refractivity contribution is -0.133.